The fraction of sp³-hybridized carbons (Fsp3) is 0.474. The number of rotatable bonds is 3. The maximum absolute atomic E-state index is 13.0. The highest BCUT2D eigenvalue weighted by atomic mass is 16.2. The maximum Gasteiger partial charge on any atom is 0.335 e. The van der Waals surface area contributed by atoms with Crippen LogP contribution in [-0.2, 0) is 9.59 Å². The van der Waals surface area contributed by atoms with Gasteiger partial charge < -0.3 is 0 Å². The number of nitrogens with zero attached hydrogens (tertiary/aromatic N) is 5. The highest BCUT2D eigenvalue weighted by Gasteiger charge is 2.49. The van der Waals surface area contributed by atoms with E-state index in [1.54, 1.807) is 18.2 Å². The molecule has 1 N–H and O–H groups in total. The Bertz CT molecular complexity index is 862. The van der Waals surface area contributed by atoms with Crippen molar-refractivity contribution in [2.45, 2.75) is 12.5 Å². The van der Waals surface area contributed by atoms with Crippen molar-refractivity contribution in [3.63, 3.8) is 0 Å². The van der Waals surface area contributed by atoms with Crippen LogP contribution in [0.2, 0.25) is 0 Å². The van der Waals surface area contributed by atoms with Crippen molar-refractivity contribution in [3.05, 3.63) is 29.8 Å². The minimum atomic E-state index is -1.11. The van der Waals surface area contributed by atoms with Crippen molar-refractivity contribution in [2.75, 3.05) is 44.5 Å². The molecule has 0 aliphatic carbocycles. The average Bonchev–Trinajstić information content (AvgIpc) is 2.60. The second-order valence-corrected chi connectivity index (χ2v) is 8.20. The number of urea groups is 1. The van der Waals surface area contributed by atoms with Crippen LogP contribution in [0.15, 0.2) is 29.3 Å². The molecule has 1 aromatic rings. The highest BCUT2D eigenvalue weighted by molar-refractivity contribution is 6.32. The summed E-state index contributed by atoms with van der Waals surface area (Å²) < 4.78 is 0. The lowest BCUT2D eigenvalue weighted by atomic mass is 9.91. The van der Waals surface area contributed by atoms with Gasteiger partial charge in [0.2, 0.25) is 5.91 Å². The molecule has 5 fully saturated rings. The number of carbonyl (C=O) groups excluding carboxylic acids is 3. The first kappa shape index (κ1) is 17.5. The van der Waals surface area contributed by atoms with Gasteiger partial charge >= 0.3 is 6.03 Å². The Kier molecular flexibility index (Phi) is 3.87. The molecule has 5 aliphatic heterocycles. The molecule has 0 saturated carbocycles. The Morgan fingerprint density at radius 3 is 2.32 bits per heavy atom. The smallest absolute Gasteiger partial charge is 0.285 e. The van der Waals surface area contributed by atoms with Crippen LogP contribution < -0.4 is 10.2 Å². The number of nitrogens with one attached hydrogen (secondary N) is 1. The lowest BCUT2D eigenvalue weighted by Crippen LogP contribution is -2.75. The van der Waals surface area contributed by atoms with Crippen molar-refractivity contribution in [1.82, 2.24) is 20.0 Å². The summed E-state index contributed by atoms with van der Waals surface area (Å²) in [4.78, 5) is 50.4. The normalized spacial score (nSPS) is 37.0. The molecule has 4 amide bonds. The van der Waals surface area contributed by atoms with Crippen molar-refractivity contribution >= 4 is 29.7 Å². The predicted molar refractivity (Wildman–Crippen MR) is 102 cm³/mol. The monoisotopic (exact) mass is 382 g/mol. The Hall–Kier alpha value is -2.62. The molecule has 5 saturated heterocycles. The number of amides is 4. The zero-order chi connectivity index (χ0) is 19.5. The summed E-state index contributed by atoms with van der Waals surface area (Å²) in [5, 5.41) is 2.29. The maximum atomic E-state index is 13.0. The van der Waals surface area contributed by atoms with Gasteiger partial charge in [-0.15, -0.1) is 0 Å². The van der Waals surface area contributed by atoms with Gasteiger partial charge in [0.1, 0.15) is 0 Å². The second kappa shape index (κ2) is 6.20. The van der Waals surface area contributed by atoms with Crippen LogP contribution in [0.3, 0.4) is 0 Å². The van der Waals surface area contributed by atoms with E-state index in [9.17, 15) is 14.4 Å². The lowest BCUT2D eigenvalue weighted by molar-refractivity contribution is -0.139. The number of aryl methyl sites for hydroxylation is 1. The first-order valence-corrected chi connectivity index (χ1v) is 9.40. The number of anilines is 1. The number of benzene rings is 1. The Labute approximate surface area is 162 Å². The molecule has 0 spiro atoms. The molecule has 1 aromatic carbocycles. The lowest BCUT2D eigenvalue weighted by Gasteiger charge is -2.59. The van der Waals surface area contributed by atoms with Gasteiger partial charge in [0.05, 0.1) is 31.2 Å². The molecule has 5 aliphatic rings. The summed E-state index contributed by atoms with van der Waals surface area (Å²) in [5.41, 5.74) is 1.04. The van der Waals surface area contributed by atoms with E-state index < -0.39 is 23.8 Å². The van der Waals surface area contributed by atoms with Gasteiger partial charge in [0.15, 0.2) is 5.92 Å². The molecule has 5 heterocycles. The molecule has 6 rings (SSSR count). The third-order valence-corrected chi connectivity index (χ3v) is 5.71. The average molecular weight is 382 g/mol. The van der Waals surface area contributed by atoms with E-state index in [4.69, 9.17) is 4.99 Å². The summed E-state index contributed by atoms with van der Waals surface area (Å²) >= 11 is 0. The van der Waals surface area contributed by atoms with E-state index in [-0.39, 0.29) is 5.54 Å². The van der Waals surface area contributed by atoms with E-state index in [2.05, 4.69) is 20.0 Å². The van der Waals surface area contributed by atoms with Crippen molar-refractivity contribution in [1.29, 1.82) is 0 Å². The Morgan fingerprint density at radius 2 is 1.71 bits per heavy atom. The van der Waals surface area contributed by atoms with Crippen LogP contribution in [0.25, 0.3) is 0 Å². The van der Waals surface area contributed by atoms with Crippen molar-refractivity contribution in [2.24, 2.45) is 10.9 Å². The summed E-state index contributed by atoms with van der Waals surface area (Å²) in [7, 11) is 0. The number of barbiturate groups is 1. The van der Waals surface area contributed by atoms with Gasteiger partial charge in [-0.2, -0.15) is 0 Å². The highest BCUT2D eigenvalue weighted by Crippen LogP contribution is 2.32. The van der Waals surface area contributed by atoms with Crippen molar-refractivity contribution in [3.8, 4) is 0 Å². The summed E-state index contributed by atoms with van der Waals surface area (Å²) in [6.45, 7) is 7.15. The van der Waals surface area contributed by atoms with Gasteiger partial charge in [-0.25, -0.2) is 9.69 Å². The van der Waals surface area contributed by atoms with E-state index in [1.807, 2.05) is 13.0 Å². The molecule has 28 heavy (non-hydrogen) atoms. The fourth-order valence-corrected chi connectivity index (χ4v) is 4.77. The van der Waals surface area contributed by atoms with E-state index in [0.29, 0.717) is 5.69 Å². The Morgan fingerprint density at radius 1 is 1.07 bits per heavy atom. The molecule has 4 bridgehead atoms. The zero-order valence-corrected chi connectivity index (χ0v) is 15.7. The van der Waals surface area contributed by atoms with Crippen molar-refractivity contribution < 1.29 is 14.4 Å². The molecular formula is C19H22N6O3. The molecule has 9 nitrogen and oxygen atoms in total. The van der Waals surface area contributed by atoms with Crippen LogP contribution >= 0.6 is 0 Å². The first-order chi connectivity index (χ1) is 13.4. The molecule has 1 atom stereocenters. The van der Waals surface area contributed by atoms with Crippen LogP contribution in [0.1, 0.15) is 5.56 Å². The molecular weight excluding hydrogens is 360 g/mol. The SMILES string of the molecule is Cc1cccc(N2C(=O)NC(=O)[C@@H](C=NC34CN5CN(CN(C5)C3)C4)C2=O)c1. The largest absolute Gasteiger partial charge is 0.335 e. The van der Waals surface area contributed by atoms with Gasteiger partial charge in [0.25, 0.3) is 5.91 Å². The number of imide groups is 2. The number of carbonyl (C=O) groups is 3. The Balaban J connectivity index is 1.41. The zero-order valence-electron chi connectivity index (χ0n) is 15.7. The quantitative estimate of drug-likeness (QED) is 0.577. The third-order valence-electron chi connectivity index (χ3n) is 5.71. The third kappa shape index (κ3) is 2.83. The fourth-order valence-electron chi connectivity index (χ4n) is 4.77. The molecule has 0 unspecified atom stereocenters. The van der Waals surface area contributed by atoms with Gasteiger partial charge in [-0.05, 0) is 24.6 Å². The van der Waals surface area contributed by atoms with Crippen LogP contribution in [0.5, 0.6) is 0 Å². The molecule has 0 aromatic heterocycles. The van der Waals surface area contributed by atoms with Gasteiger partial charge in [-0.3, -0.25) is 34.6 Å². The first-order valence-electron chi connectivity index (χ1n) is 9.40. The molecule has 146 valence electrons. The van der Waals surface area contributed by atoms with Gasteiger partial charge in [0, 0.05) is 25.8 Å². The van der Waals surface area contributed by atoms with Crippen LogP contribution in [-0.4, -0.2) is 83.9 Å². The molecule has 9 heteroatoms. The number of aliphatic imine (C=N–C) groups is 1. The van der Waals surface area contributed by atoms with E-state index in [0.717, 1.165) is 50.1 Å². The summed E-state index contributed by atoms with van der Waals surface area (Å²) in [6.07, 6.45) is 1.45. The van der Waals surface area contributed by atoms with Crippen LogP contribution in [0, 0.1) is 12.8 Å². The van der Waals surface area contributed by atoms with E-state index in [1.165, 1.54) is 6.21 Å². The predicted octanol–water partition coefficient (Wildman–Crippen LogP) is -0.177. The topological polar surface area (TPSA) is 88.6 Å². The minimum absolute atomic E-state index is 0.328. The van der Waals surface area contributed by atoms with Crippen LogP contribution in [0.4, 0.5) is 10.5 Å². The van der Waals surface area contributed by atoms with Gasteiger partial charge in [-0.1, -0.05) is 12.1 Å². The number of hydrogen-bond donors (Lipinski definition) is 1. The summed E-state index contributed by atoms with van der Waals surface area (Å²) in [5.74, 6) is -2.28. The molecule has 0 radical (unpaired) electrons. The second-order valence-electron chi connectivity index (χ2n) is 8.20. The van der Waals surface area contributed by atoms with E-state index >= 15 is 0 Å². The summed E-state index contributed by atoms with van der Waals surface area (Å²) in [6, 6.07) is 6.36. The standard InChI is InChI=1S/C19H22N6O3/c1-13-3-2-4-14(5-13)25-17(27)15(16(26)21-18(25)28)6-20-19-7-22-10-23(8-19)12-24(9-19)11-22/h2-6,15H,7-12H2,1H3,(H,21,26,28)/t15-/m1/s1. The minimum Gasteiger partial charge on any atom is -0.285 e. The number of hydrogen-bond acceptors (Lipinski definition) is 7.